The van der Waals surface area contributed by atoms with Gasteiger partial charge in [-0.1, -0.05) is 212 Å². The molecular weight excluding hydrogens is 723 g/mol. The van der Waals surface area contributed by atoms with Crippen molar-refractivity contribution in [2.24, 2.45) is 0 Å². The van der Waals surface area contributed by atoms with Crippen molar-refractivity contribution in [1.82, 2.24) is 0 Å². The molecule has 0 fully saturated rings. The van der Waals surface area contributed by atoms with Crippen molar-refractivity contribution in [3.63, 3.8) is 0 Å². The Bertz CT molecular complexity index is 3000. The van der Waals surface area contributed by atoms with Gasteiger partial charge in [-0.2, -0.15) is 0 Å². The minimum absolute atomic E-state index is 0.00763. The Morgan fingerprint density at radius 1 is 0.267 bits per heavy atom. The fraction of sp³-hybridized carbons (Fsp3) is 0.0169. The molecule has 0 aliphatic heterocycles. The lowest BCUT2D eigenvalue weighted by Gasteiger charge is -2.29. The van der Waals surface area contributed by atoms with Crippen LogP contribution in [0.4, 0.5) is 17.1 Å². The van der Waals surface area contributed by atoms with Gasteiger partial charge in [0, 0.05) is 22.9 Å². The van der Waals surface area contributed by atoms with E-state index in [9.17, 15) is 0 Å². The maximum absolute atomic E-state index is 2.44. The van der Waals surface area contributed by atoms with E-state index in [2.05, 4.69) is 260 Å². The number of fused-ring (bicyclic) bond motifs is 1. The summed E-state index contributed by atoms with van der Waals surface area (Å²) in [7, 11) is 0. The fourth-order valence-corrected chi connectivity index (χ4v) is 8.69. The van der Waals surface area contributed by atoms with E-state index in [1.54, 1.807) is 0 Å². The summed E-state index contributed by atoms with van der Waals surface area (Å²) in [5, 5.41) is 2.39. The van der Waals surface area contributed by atoms with Gasteiger partial charge in [-0.05, 0) is 109 Å². The van der Waals surface area contributed by atoms with Crippen LogP contribution in [0.2, 0.25) is 0 Å². The lowest BCUT2D eigenvalue weighted by Crippen LogP contribution is -2.11. The molecule has 60 heavy (non-hydrogen) atoms. The molecule has 0 aromatic heterocycles. The molecule has 10 aromatic rings. The molecule has 0 bridgehead atoms. The number of nitrogens with zero attached hydrogens (tertiary/aromatic N) is 1. The van der Waals surface area contributed by atoms with Crippen molar-refractivity contribution in [2.75, 3.05) is 4.90 Å². The summed E-state index contributed by atoms with van der Waals surface area (Å²) in [6.07, 6.45) is 0. The third-order valence-corrected chi connectivity index (χ3v) is 11.5. The van der Waals surface area contributed by atoms with Crippen LogP contribution in [0.25, 0.3) is 55.3 Å². The topological polar surface area (TPSA) is 3.24 Å². The molecule has 0 aliphatic rings. The van der Waals surface area contributed by atoms with E-state index in [-0.39, 0.29) is 5.92 Å². The zero-order valence-corrected chi connectivity index (χ0v) is 33.3. The van der Waals surface area contributed by atoms with Crippen LogP contribution in [0.3, 0.4) is 0 Å². The molecule has 0 spiro atoms. The van der Waals surface area contributed by atoms with Crippen molar-refractivity contribution in [2.45, 2.75) is 5.92 Å². The van der Waals surface area contributed by atoms with Gasteiger partial charge in [-0.3, -0.25) is 0 Å². The van der Waals surface area contributed by atoms with Crippen molar-refractivity contribution < 1.29 is 0 Å². The summed E-state index contributed by atoms with van der Waals surface area (Å²) in [5.41, 5.74) is 16.6. The molecule has 1 unspecified atom stereocenters. The van der Waals surface area contributed by atoms with E-state index in [1.165, 1.54) is 60.8 Å². The smallest absolute Gasteiger partial charge is 0.0546 e. The Balaban J connectivity index is 1.26. The summed E-state index contributed by atoms with van der Waals surface area (Å²) in [5.74, 6) is -0.00763. The highest BCUT2D eigenvalue weighted by molar-refractivity contribution is 6.05. The van der Waals surface area contributed by atoms with Crippen LogP contribution in [-0.4, -0.2) is 0 Å². The quantitative estimate of drug-likeness (QED) is 0.125. The maximum atomic E-state index is 2.44. The molecule has 0 amide bonds. The zero-order valence-electron chi connectivity index (χ0n) is 33.3. The van der Waals surface area contributed by atoms with Crippen LogP contribution in [-0.2, 0) is 0 Å². The Kier molecular flexibility index (Phi) is 10.1. The van der Waals surface area contributed by atoms with Gasteiger partial charge in [0.05, 0.1) is 5.69 Å². The van der Waals surface area contributed by atoms with E-state index in [4.69, 9.17) is 0 Å². The van der Waals surface area contributed by atoms with Gasteiger partial charge in [0.2, 0.25) is 0 Å². The van der Waals surface area contributed by atoms with Crippen LogP contribution >= 0.6 is 0 Å². The summed E-state index contributed by atoms with van der Waals surface area (Å²) in [6, 6.07) is 92.6. The largest absolute Gasteiger partial charge is 0.310 e. The molecule has 1 nitrogen and oxygen atoms in total. The molecule has 0 heterocycles. The second kappa shape index (κ2) is 16.6. The van der Waals surface area contributed by atoms with Crippen LogP contribution in [0.5, 0.6) is 0 Å². The number of anilines is 3. The third kappa shape index (κ3) is 7.41. The summed E-state index contributed by atoms with van der Waals surface area (Å²) < 4.78 is 0. The van der Waals surface area contributed by atoms with Crippen molar-refractivity contribution >= 4 is 27.8 Å². The molecule has 0 N–H and O–H groups in total. The van der Waals surface area contributed by atoms with Gasteiger partial charge in [0.15, 0.2) is 0 Å². The fourth-order valence-electron chi connectivity index (χ4n) is 8.69. The first kappa shape index (κ1) is 36.6. The highest BCUT2D eigenvalue weighted by Crippen LogP contribution is 2.47. The highest BCUT2D eigenvalue weighted by atomic mass is 15.1. The number of para-hydroxylation sites is 1. The molecule has 1 heteroatoms. The molecular formula is C59H43N. The van der Waals surface area contributed by atoms with E-state index in [0.717, 1.165) is 28.2 Å². The van der Waals surface area contributed by atoms with Crippen molar-refractivity contribution in [1.29, 1.82) is 0 Å². The molecule has 10 aromatic carbocycles. The first-order valence-corrected chi connectivity index (χ1v) is 20.7. The number of benzene rings is 10. The van der Waals surface area contributed by atoms with Gasteiger partial charge >= 0.3 is 0 Å². The van der Waals surface area contributed by atoms with E-state index >= 15 is 0 Å². The number of rotatable bonds is 10. The lowest BCUT2D eigenvalue weighted by atomic mass is 9.81. The normalized spacial score (nSPS) is 11.6. The molecule has 0 saturated carbocycles. The zero-order chi connectivity index (χ0) is 40.1. The van der Waals surface area contributed by atoms with E-state index in [1.807, 2.05) is 0 Å². The monoisotopic (exact) mass is 765 g/mol. The number of hydrogen-bond donors (Lipinski definition) is 0. The second-order valence-corrected chi connectivity index (χ2v) is 15.3. The molecule has 0 saturated heterocycles. The maximum Gasteiger partial charge on any atom is 0.0546 e. The van der Waals surface area contributed by atoms with Crippen molar-refractivity contribution in [3.05, 3.63) is 271 Å². The van der Waals surface area contributed by atoms with Gasteiger partial charge in [-0.15, -0.1) is 0 Å². The van der Waals surface area contributed by atoms with Gasteiger partial charge in [-0.25, -0.2) is 0 Å². The Morgan fingerprint density at radius 3 is 1.32 bits per heavy atom. The van der Waals surface area contributed by atoms with E-state index < -0.39 is 0 Å². The Hall–Kier alpha value is -7.74. The van der Waals surface area contributed by atoms with Crippen LogP contribution < -0.4 is 4.90 Å². The predicted molar refractivity (Wildman–Crippen MR) is 254 cm³/mol. The average molecular weight is 766 g/mol. The predicted octanol–water partition coefficient (Wildman–Crippen LogP) is 16.2. The van der Waals surface area contributed by atoms with Crippen LogP contribution in [0, 0.1) is 0 Å². The molecule has 10 rings (SSSR count). The third-order valence-electron chi connectivity index (χ3n) is 11.5. The molecule has 1 atom stereocenters. The second-order valence-electron chi connectivity index (χ2n) is 15.3. The minimum Gasteiger partial charge on any atom is -0.310 e. The van der Waals surface area contributed by atoms with Gasteiger partial charge in [0.1, 0.15) is 0 Å². The average Bonchev–Trinajstić information content (AvgIpc) is 3.33. The molecule has 0 radical (unpaired) electrons. The Labute approximate surface area is 353 Å². The first-order chi connectivity index (χ1) is 29.8. The minimum atomic E-state index is -0.00763. The Morgan fingerprint density at radius 2 is 0.717 bits per heavy atom. The van der Waals surface area contributed by atoms with Gasteiger partial charge in [0.25, 0.3) is 0 Å². The first-order valence-electron chi connectivity index (χ1n) is 20.7. The standard InChI is InChI=1S/C59H43N/c1-7-21-43(22-8-1)48-31-19-33-50(37-48)59(47-29-15-5-16-30-47)52-38-51-41-58(57(46-27-13-4-14-28-46)42-56(51)55(40-52)45-25-11-3-12-26-45)60(53-34-17-6-18-35-53)54-36-20-32-49(39-54)44-23-9-2-10-24-44/h1-42,59H. The number of hydrogen-bond acceptors (Lipinski definition) is 1. The summed E-state index contributed by atoms with van der Waals surface area (Å²) in [4.78, 5) is 2.43. The lowest BCUT2D eigenvalue weighted by molar-refractivity contribution is 0.981. The van der Waals surface area contributed by atoms with E-state index in [0.29, 0.717) is 0 Å². The van der Waals surface area contributed by atoms with Gasteiger partial charge < -0.3 is 4.90 Å². The summed E-state index contributed by atoms with van der Waals surface area (Å²) >= 11 is 0. The summed E-state index contributed by atoms with van der Waals surface area (Å²) in [6.45, 7) is 0. The molecule has 0 aliphatic carbocycles. The van der Waals surface area contributed by atoms with Crippen molar-refractivity contribution in [3.8, 4) is 44.5 Å². The van der Waals surface area contributed by atoms with Crippen LogP contribution in [0.1, 0.15) is 22.6 Å². The van der Waals surface area contributed by atoms with Crippen LogP contribution in [0.15, 0.2) is 255 Å². The highest BCUT2D eigenvalue weighted by Gasteiger charge is 2.23. The molecule has 284 valence electrons. The SMILES string of the molecule is c1ccc(-c2cccc(C(c3ccccc3)c3cc(-c4ccccc4)c4cc(-c5ccccc5)c(N(c5ccccc5)c5cccc(-c6ccccc6)c5)cc4c3)c2)cc1.